The van der Waals surface area contributed by atoms with Gasteiger partial charge in [0.1, 0.15) is 5.75 Å². The van der Waals surface area contributed by atoms with Crippen LogP contribution in [0.5, 0.6) is 5.75 Å². The van der Waals surface area contributed by atoms with Crippen molar-refractivity contribution in [3.8, 4) is 5.75 Å². The molecule has 0 radical (unpaired) electrons. The van der Waals surface area contributed by atoms with Crippen LogP contribution in [0.3, 0.4) is 0 Å². The van der Waals surface area contributed by atoms with Crippen LogP contribution < -0.4 is 15.4 Å². The fraction of sp³-hybridized carbons (Fsp3) is 0.364. The Balaban J connectivity index is 1.46. The summed E-state index contributed by atoms with van der Waals surface area (Å²) in [7, 11) is 0. The van der Waals surface area contributed by atoms with E-state index in [9.17, 15) is 9.59 Å². The SMILES string of the molecule is Cc1cc(C)c(NC(=O)CNC(=O)COc2ccc3c(c2)CCC3)c(C)c1. The average molecular weight is 366 g/mol. The lowest BCUT2D eigenvalue weighted by Gasteiger charge is -2.13. The largest absolute Gasteiger partial charge is 0.484 e. The second-order valence-corrected chi connectivity index (χ2v) is 7.17. The van der Waals surface area contributed by atoms with Crippen LogP contribution >= 0.6 is 0 Å². The molecule has 142 valence electrons. The van der Waals surface area contributed by atoms with Crippen molar-refractivity contribution in [2.45, 2.75) is 40.0 Å². The second kappa shape index (κ2) is 8.25. The zero-order valence-electron chi connectivity index (χ0n) is 16.1. The normalized spacial score (nSPS) is 12.4. The van der Waals surface area contributed by atoms with Crippen LogP contribution in [0.2, 0.25) is 0 Å². The Morgan fingerprint density at radius 2 is 1.67 bits per heavy atom. The van der Waals surface area contributed by atoms with Gasteiger partial charge in [-0.2, -0.15) is 0 Å². The molecule has 2 amide bonds. The van der Waals surface area contributed by atoms with Crippen LogP contribution in [-0.2, 0) is 22.4 Å². The summed E-state index contributed by atoms with van der Waals surface area (Å²) in [5.41, 5.74) is 6.63. The lowest BCUT2D eigenvalue weighted by Crippen LogP contribution is -2.36. The predicted molar refractivity (Wildman–Crippen MR) is 106 cm³/mol. The van der Waals surface area contributed by atoms with E-state index in [1.165, 1.54) is 17.5 Å². The summed E-state index contributed by atoms with van der Waals surface area (Å²) in [5, 5.41) is 5.47. The van der Waals surface area contributed by atoms with Crippen molar-refractivity contribution in [2.24, 2.45) is 0 Å². The highest BCUT2D eigenvalue weighted by Crippen LogP contribution is 2.26. The fourth-order valence-electron chi connectivity index (χ4n) is 3.58. The average Bonchev–Trinajstić information content (AvgIpc) is 3.09. The first-order valence-corrected chi connectivity index (χ1v) is 9.31. The first-order chi connectivity index (χ1) is 12.9. The molecule has 0 aromatic heterocycles. The fourth-order valence-corrected chi connectivity index (χ4v) is 3.58. The van der Waals surface area contributed by atoms with Gasteiger partial charge in [0.2, 0.25) is 5.91 Å². The van der Waals surface area contributed by atoms with E-state index < -0.39 is 0 Å². The van der Waals surface area contributed by atoms with Gasteiger partial charge < -0.3 is 15.4 Å². The van der Waals surface area contributed by atoms with E-state index in [0.29, 0.717) is 5.75 Å². The summed E-state index contributed by atoms with van der Waals surface area (Å²) in [4.78, 5) is 24.1. The van der Waals surface area contributed by atoms with E-state index in [4.69, 9.17) is 4.74 Å². The maximum absolute atomic E-state index is 12.1. The molecule has 27 heavy (non-hydrogen) atoms. The van der Waals surface area contributed by atoms with Crippen LogP contribution in [0.1, 0.15) is 34.2 Å². The predicted octanol–water partition coefficient (Wildman–Crippen LogP) is 3.23. The molecule has 5 heteroatoms. The summed E-state index contributed by atoms with van der Waals surface area (Å²) in [6.45, 7) is 5.75. The number of nitrogens with one attached hydrogen (secondary N) is 2. The minimum atomic E-state index is -0.317. The molecule has 2 N–H and O–H groups in total. The molecular formula is C22H26N2O3. The van der Waals surface area contributed by atoms with Crippen LogP contribution in [0.25, 0.3) is 0 Å². The van der Waals surface area contributed by atoms with Gasteiger partial charge >= 0.3 is 0 Å². The van der Waals surface area contributed by atoms with Gasteiger partial charge in [-0.1, -0.05) is 23.8 Å². The first kappa shape index (κ1) is 19.0. The molecule has 1 aliphatic rings. The zero-order valence-corrected chi connectivity index (χ0v) is 16.1. The molecule has 0 atom stereocenters. The number of hydrogen-bond donors (Lipinski definition) is 2. The number of amides is 2. The minimum Gasteiger partial charge on any atom is -0.484 e. The molecule has 1 aliphatic carbocycles. The molecule has 0 spiro atoms. The molecule has 0 fully saturated rings. The van der Waals surface area contributed by atoms with E-state index in [2.05, 4.69) is 16.7 Å². The highest BCUT2D eigenvalue weighted by Gasteiger charge is 2.13. The summed E-state index contributed by atoms with van der Waals surface area (Å²) in [6, 6.07) is 10.0. The monoisotopic (exact) mass is 366 g/mol. The van der Waals surface area contributed by atoms with Gasteiger partial charge in [0.25, 0.3) is 5.91 Å². The topological polar surface area (TPSA) is 67.4 Å². The summed E-state index contributed by atoms with van der Waals surface area (Å²) >= 11 is 0. The molecule has 0 unspecified atom stereocenters. The third kappa shape index (κ3) is 4.88. The quantitative estimate of drug-likeness (QED) is 0.825. The highest BCUT2D eigenvalue weighted by atomic mass is 16.5. The van der Waals surface area contributed by atoms with Crippen molar-refractivity contribution in [1.29, 1.82) is 0 Å². The number of ether oxygens (including phenoxy) is 1. The van der Waals surface area contributed by atoms with Gasteiger partial charge in [-0.25, -0.2) is 0 Å². The minimum absolute atomic E-state index is 0.0842. The van der Waals surface area contributed by atoms with Crippen molar-refractivity contribution in [2.75, 3.05) is 18.5 Å². The van der Waals surface area contributed by atoms with Gasteiger partial charge in [-0.3, -0.25) is 9.59 Å². The van der Waals surface area contributed by atoms with Crippen molar-refractivity contribution in [3.63, 3.8) is 0 Å². The number of aryl methyl sites for hydroxylation is 5. The van der Waals surface area contributed by atoms with Crippen LogP contribution in [0.4, 0.5) is 5.69 Å². The maximum Gasteiger partial charge on any atom is 0.258 e. The second-order valence-electron chi connectivity index (χ2n) is 7.17. The van der Waals surface area contributed by atoms with Crippen molar-refractivity contribution >= 4 is 17.5 Å². The molecule has 5 nitrogen and oxygen atoms in total. The third-order valence-corrected chi connectivity index (χ3v) is 4.83. The molecule has 0 saturated carbocycles. The lowest BCUT2D eigenvalue weighted by molar-refractivity contribution is -0.125. The van der Waals surface area contributed by atoms with E-state index in [-0.39, 0.29) is 25.0 Å². The zero-order chi connectivity index (χ0) is 19.4. The molecule has 2 aromatic rings. The van der Waals surface area contributed by atoms with Gasteiger partial charge in [0, 0.05) is 5.69 Å². The van der Waals surface area contributed by atoms with E-state index in [0.717, 1.165) is 35.2 Å². The van der Waals surface area contributed by atoms with Crippen molar-refractivity contribution in [3.05, 3.63) is 58.1 Å². The number of hydrogen-bond acceptors (Lipinski definition) is 3. The Morgan fingerprint density at radius 3 is 2.41 bits per heavy atom. The van der Waals surface area contributed by atoms with Gasteiger partial charge in [-0.05, 0) is 74.4 Å². The Morgan fingerprint density at radius 1 is 0.963 bits per heavy atom. The molecule has 3 rings (SSSR count). The maximum atomic E-state index is 12.1. The molecule has 0 bridgehead atoms. The Hall–Kier alpha value is -2.82. The molecule has 0 saturated heterocycles. The standard InChI is InChI=1S/C22H26N2O3/c1-14-9-15(2)22(16(3)10-14)24-20(25)12-23-21(26)13-27-19-8-7-17-5-4-6-18(17)11-19/h7-11H,4-6,12-13H2,1-3H3,(H,23,26)(H,24,25). The van der Waals surface area contributed by atoms with E-state index >= 15 is 0 Å². The first-order valence-electron chi connectivity index (χ1n) is 9.31. The molecule has 2 aromatic carbocycles. The summed E-state index contributed by atoms with van der Waals surface area (Å²) < 4.78 is 5.55. The van der Waals surface area contributed by atoms with Crippen LogP contribution in [0, 0.1) is 20.8 Å². The smallest absolute Gasteiger partial charge is 0.258 e. The molecule has 0 heterocycles. The van der Waals surface area contributed by atoms with Crippen molar-refractivity contribution < 1.29 is 14.3 Å². The van der Waals surface area contributed by atoms with Crippen molar-refractivity contribution in [1.82, 2.24) is 5.32 Å². The Bertz CT molecular complexity index is 851. The number of fused-ring (bicyclic) bond motifs is 1. The van der Waals surface area contributed by atoms with Gasteiger partial charge in [0.05, 0.1) is 6.54 Å². The summed E-state index contributed by atoms with van der Waals surface area (Å²) in [5.74, 6) is 0.125. The molecule has 0 aliphatic heterocycles. The lowest BCUT2D eigenvalue weighted by atomic mass is 10.1. The number of anilines is 1. The highest BCUT2D eigenvalue weighted by molar-refractivity contribution is 5.95. The summed E-state index contributed by atoms with van der Waals surface area (Å²) in [6.07, 6.45) is 3.36. The number of carbonyl (C=O) groups excluding carboxylic acids is 2. The number of carbonyl (C=O) groups is 2. The van der Waals surface area contributed by atoms with Gasteiger partial charge in [-0.15, -0.1) is 0 Å². The van der Waals surface area contributed by atoms with Crippen LogP contribution in [0.15, 0.2) is 30.3 Å². The van der Waals surface area contributed by atoms with E-state index in [1.54, 1.807) is 0 Å². The Kier molecular flexibility index (Phi) is 5.79. The number of benzene rings is 2. The van der Waals surface area contributed by atoms with Crippen LogP contribution in [-0.4, -0.2) is 25.0 Å². The Labute approximate surface area is 160 Å². The van der Waals surface area contributed by atoms with E-state index in [1.807, 2.05) is 45.0 Å². The third-order valence-electron chi connectivity index (χ3n) is 4.83. The van der Waals surface area contributed by atoms with Gasteiger partial charge in [0.15, 0.2) is 6.61 Å². The number of rotatable bonds is 6. The molecular weight excluding hydrogens is 340 g/mol.